The first-order valence-corrected chi connectivity index (χ1v) is 8.67. The third-order valence-corrected chi connectivity index (χ3v) is 4.39. The van der Waals surface area contributed by atoms with Crippen LogP contribution in [-0.2, 0) is 0 Å². The van der Waals surface area contributed by atoms with Crippen LogP contribution in [0, 0.1) is 6.92 Å². The summed E-state index contributed by atoms with van der Waals surface area (Å²) in [5.74, 6) is 0.749. The van der Waals surface area contributed by atoms with E-state index in [0.29, 0.717) is 29.1 Å². The predicted molar refractivity (Wildman–Crippen MR) is 103 cm³/mol. The lowest BCUT2D eigenvalue weighted by Crippen LogP contribution is -2.32. The highest BCUT2D eigenvalue weighted by Crippen LogP contribution is 2.21. The number of nitrogens with zero attached hydrogens (tertiary/aromatic N) is 4. The van der Waals surface area contributed by atoms with Crippen molar-refractivity contribution < 1.29 is 9.32 Å². The molecule has 0 bridgehead atoms. The zero-order chi connectivity index (χ0) is 17.9. The molecule has 2 N–H and O–H groups in total. The molecular weight excluding hydrogens is 368 g/mol. The van der Waals surface area contributed by atoms with Gasteiger partial charge in [-0.2, -0.15) is 10.1 Å². The second-order valence-corrected chi connectivity index (χ2v) is 6.35. The molecule has 3 aromatic rings. The van der Waals surface area contributed by atoms with E-state index in [2.05, 4.69) is 25.9 Å². The third kappa shape index (κ3) is 4.35. The van der Waals surface area contributed by atoms with Crippen LogP contribution in [0.3, 0.4) is 0 Å². The van der Waals surface area contributed by atoms with Gasteiger partial charge in [-0.3, -0.25) is 9.48 Å². The lowest BCUT2D eigenvalue weighted by molar-refractivity contribution is 0.102. The molecule has 1 aromatic carbocycles. The highest BCUT2D eigenvalue weighted by molar-refractivity contribution is 6.03. The number of aromatic nitrogens is 4. The van der Waals surface area contributed by atoms with Crippen molar-refractivity contribution >= 4 is 24.0 Å². The number of carbonyl (C=O) groups excluding carboxylic acids is 1. The SMILES string of the molecule is Cc1nc(-c2cccc(NC(=O)c3ccn(C4CCCNC4)n3)c2)no1.Cl. The van der Waals surface area contributed by atoms with Crippen molar-refractivity contribution in [2.45, 2.75) is 25.8 Å². The Morgan fingerprint density at radius 3 is 3.00 bits per heavy atom. The number of benzene rings is 1. The molecule has 1 fully saturated rings. The zero-order valence-electron chi connectivity index (χ0n) is 14.9. The average Bonchev–Trinajstić information content (AvgIpc) is 3.32. The minimum atomic E-state index is -0.242. The third-order valence-electron chi connectivity index (χ3n) is 4.39. The molecule has 0 saturated carbocycles. The van der Waals surface area contributed by atoms with Gasteiger partial charge in [0.25, 0.3) is 5.91 Å². The van der Waals surface area contributed by atoms with Crippen molar-refractivity contribution in [2.24, 2.45) is 0 Å². The Morgan fingerprint density at radius 1 is 1.37 bits per heavy atom. The molecule has 2 aromatic heterocycles. The average molecular weight is 389 g/mol. The van der Waals surface area contributed by atoms with Gasteiger partial charge in [-0.25, -0.2) is 0 Å². The summed E-state index contributed by atoms with van der Waals surface area (Å²) in [6.07, 6.45) is 4.06. The van der Waals surface area contributed by atoms with Crippen molar-refractivity contribution in [3.8, 4) is 11.4 Å². The molecular formula is C18H21ClN6O2. The minimum absolute atomic E-state index is 0. The summed E-state index contributed by atoms with van der Waals surface area (Å²) in [5, 5.41) is 14.6. The molecule has 8 nitrogen and oxygen atoms in total. The highest BCUT2D eigenvalue weighted by Gasteiger charge is 2.18. The first-order chi connectivity index (χ1) is 12.7. The quantitative estimate of drug-likeness (QED) is 0.713. The van der Waals surface area contributed by atoms with E-state index >= 15 is 0 Å². The van der Waals surface area contributed by atoms with E-state index in [1.807, 2.05) is 35.1 Å². The number of aryl methyl sites for hydroxylation is 1. The number of piperidine rings is 1. The van der Waals surface area contributed by atoms with Crippen molar-refractivity contribution in [1.82, 2.24) is 25.2 Å². The van der Waals surface area contributed by atoms with Crippen molar-refractivity contribution in [2.75, 3.05) is 18.4 Å². The van der Waals surface area contributed by atoms with E-state index in [-0.39, 0.29) is 18.3 Å². The number of hydrogen-bond donors (Lipinski definition) is 2. The molecule has 1 aliphatic rings. The van der Waals surface area contributed by atoms with Crippen LogP contribution in [0.15, 0.2) is 41.1 Å². The van der Waals surface area contributed by atoms with Crippen LogP contribution in [0.5, 0.6) is 0 Å². The summed E-state index contributed by atoms with van der Waals surface area (Å²) in [6.45, 7) is 3.66. The van der Waals surface area contributed by atoms with Gasteiger partial charge in [-0.15, -0.1) is 12.4 Å². The van der Waals surface area contributed by atoms with Gasteiger partial charge in [0.1, 0.15) is 0 Å². The fourth-order valence-electron chi connectivity index (χ4n) is 3.07. The number of halogens is 1. The number of rotatable bonds is 4. The van der Waals surface area contributed by atoms with Crippen molar-refractivity contribution in [1.29, 1.82) is 0 Å². The van der Waals surface area contributed by atoms with Gasteiger partial charge in [0.05, 0.1) is 6.04 Å². The zero-order valence-corrected chi connectivity index (χ0v) is 15.7. The topological polar surface area (TPSA) is 97.9 Å². The van der Waals surface area contributed by atoms with Crippen LogP contribution in [0.2, 0.25) is 0 Å². The molecule has 0 spiro atoms. The molecule has 27 heavy (non-hydrogen) atoms. The van der Waals surface area contributed by atoms with E-state index in [9.17, 15) is 4.79 Å². The van der Waals surface area contributed by atoms with E-state index in [4.69, 9.17) is 4.52 Å². The van der Waals surface area contributed by atoms with Crippen LogP contribution >= 0.6 is 12.4 Å². The minimum Gasteiger partial charge on any atom is -0.339 e. The second kappa shape index (κ2) is 8.32. The molecule has 1 atom stereocenters. The molecule has 4 rings (SSSR count). The van der Waals surface area contributed by atoms with Crippen LogP contribution in [-0.4, -0.2) is 38.9 Å². The number of nitrogens with one attached hydrogen (secondary N) is 2. The first-order valence-electron chi connectivity index (χ1n) is 8.67. The largest absolute Gasteiger partial charge is 0.339 e. The molecule has 0 aliphatic carbocycles. The molecule has 3 heterocycles. The summed E-state index contributed by atoms with van der Waals surface area (Å²) in [6, 6.07) is 9.38. The van der Waals surface area contributed by atoms with E-state index in [1.54, 1.807) is 13.0 Å². The van der Waals surface area contributed by atoms with Gasteiger partial charge in [0.15, 0.2) is 5.69 Å². The van der Waals surface area contributed by atoms with E-state index in [0.717, 1.165) is 31.5 Å². The van der Waals surface area contributed by atoms with Gasteiger partial charge in [0.2, 0.25) is 11.7 Å². The summed E-state index contributed by atoms with van der Waals surface area (Å²) in [5.41, 5.74) is 1.83. The Morgan fingerprint density at radius 2 is 2.26 bits per heavy atom. The van der Waals surface area contributed by atoms with Crippen LogP contribution in [0.1, 0.15) is 35.3 Å². The Kier molecular flexibility index (Phi) is 5.88. The Labute approximate surface area is 162 Å². The maximum atomic E-state index is 12.5. The predicted octanol–water partition coefficient (Wildman–Crippen LogP) is 2.84. The lowest BCUT2D eigenvalue weighted by Gasteiger charge is -2.22. The summed E-state index contributed by atoms with van der Waals surface area (Å²) >= 11 is 0. The summed E-state index contributed by atoms with van der Waals surface area (Å²) in [7, 11) is 0. The fourth-order valence-corrected chi connectivity index (χ4v) is 3.07. The highest BCUT2D eigenvalue weighted by atomic mass is 35.5. The monoisotopic (exact) mass is 388 g/mol. The molecule has 1 aliphatic heterocycles. The van der Waals surface area contributed by atoms with Gasteiger partial charge < -0.3 is 15.2 Å². The first kappa shape index (κ1) is 19.1. The normalized spacial score (nSPS) is 16.6. The molecule has 1 amide bonds. The van der Waals surface area contributed by atoms with Gasteiger partial charge >= 0.3 is 0 Å². The van der Waals surface area contributed by atoms with Crippen molar-refractivity contribution in [3.05, 3.63) is 48.1 Å². The second-order valence-electron chi connectivity index (χ2n) is 6.35. The maximum absolute atomic E-state index is 12.5. The molecule has 142 valence electrons. The standard InChI is InChI=1S/C18H20N6O2.ClH/c1-12-20-17(23-26-12)13-4-2-5-14(10-13)21-18(25)16-7-9-24(22-16)15-6-3-8-19-11-15;/h2,4-5,7,9-10,15,19H,3,6,8,11H2,1H3,(H,21,25);1H. The van der Waals surface area contributed by atoms with Gasteiger partial charge in [-0.1, -0.05) is 17.3 Å². The molecule has 1 unspecified atom stereocenters. The van der Waals surface area contributed by atoms with Crippen molar-refractivity contribution in [3.63, 3.8) is 0 Å². The van der Waals surface area contributed by atoms with Gasteiger partial charge in [-0.05, 0) is 37.6 Å². The van der Waals surface area contributed by atoms with E-state index < -0.39 is 0 Å². The van der Waals surface area contributed by atoms with Gasteiger partial charge in [0, 0.05) is 30.9 Å². The smallest absolute Gasteiger partial charge is 0.276 e. The number of anilines is 1. The number of hydrogen-bond acceptors (Lipinski definition) is 6. The van der Waals surface area contributed by atoms with Crippen LogP contribution < -0.4 is 10.6 Å². The van der Waals surface area contributed by atoms with E-state index in [1.165, 1.54) is 0 Å². The summed E-state index contributed by atoms with van der Waals surface area (Å²) in [4.78, 5) is 16.7. The lowest BCUT2D eigenvalue weighted by atomic mass is 10.1. The molecule has 9 heteroatoms. The Balaban J connectivity index is 0.00000210. The Hall–Kier alpha value is -2.71. The maximum Gasteiger partial charge on any atom is 0.276 e. The van der Waals surface area contributed by atoms with Crippen LogP contribution in [0.4, 0.5) is 5.69 Å². The number of carbonyl (C=O) groups is 1. The fraction of sp³-hybridized carbons (Fsp3) is 0.333. The number of amides is 1. The Bertz CT molecular complexity index is 916. The summed E-state index contributed by atoms with van der Waals surface area (Å²) < 4.78 is 6.88. The molecule has 1 saturated heterocycles. The van der Waals surface area contributed by atoms with Crippen LogP contribution in [0.25, 0.3) is 11.4 Å². The molecule has 0 radical (unpaired) electrons.